The van der Waals surface area contributed by atoms with Crippen LogP contribution in [0.3, 0.4) is 0 Å². The second kappa shape index (κ2) is 5.35. The number of carbonyl (C=O) groups is 2. The predicted octanol–water partition coefficient (Wildman–Crippen LogP) is 2.95. The van der Waals surface area contributed by atoms with Crippen molar-refractivity contribution in [2.24, 2.45) is 11.3 Å². The highest BCUT2D eigenvalue weighted by Gasteiger charge is 2.71. The fourth-order valence-corrected chi connectivity index (χ4v) is 6.73. The van der Waals surface area contributed by atoms with Crippen LogP contribution in [0.5, 0.6) is 0 Å². The van der Waals surface area contributed by atoms with Crippen molar-refractivity contribution in [1.29, 1.82) is 0 Å². The van der Waals surface area contributed by atoms with Gasteiger partial charge in [-0.2, -0.15) is 0 Å². The number of rotatable bonds is 2. The van der Waals surface area contributed by atoms with Gasteiger partial charge in [-0.15, -0.1) is 0 Å². The summed E-state index contributed by atoms with van der Waals surface area (Å²) < 4.78 is 6.86. The van der Waals surface area contributed by atoms with Gasteiger partial charge in [-0.1, -0.05) is 45.1 Å². The lowest BCUT2D eigenvalue weighted by molar-refractivity contribution is -0.165. The maximum absolute atomic E-state index is 13.8. The summed E-state index contributed by atoms with van der Waals surface area (Å²) in [4.78, 5) is 30.6. The van der Waals surface area contributed by atoms with E-state index in [1.807, 2.05) is 25.1 Å². The van der Waals surface area contributed by atoms with Crippen molar-refractivity contribution >= 4 is 20.1 Å². The highest BCUT2D eigenvalue weighted by atomic mass is 28.4. The highest BCUT2D eigenvalue weighted by molar-refractivity contribution is 6.74. The van der Waals surface area contributed by atoms with E-state index < -0.39 is 19.3 Å². The molecule has 2 aliphatic carbocycles. The van der Waals surface area contributed by atoms with Crippen LogP contribution < -0.4 is 0 Å². The Balaban J connectivity index is 1.89. The molecule has 0 aromatic heterocycles. The second-order valence-corrected chi connectivity index (χ2v) is 15.0. The van der Waals surface area contributed by atoms with E-state index in [1.165, 1.54) is 0 Å². The molecule has 0 aromatic rings. The van der Waals surface area contributed by atoms with Crippen LogP contribution in [-0.2, 0) is 14.0 Å². The van der Waals surface area contributed by atoms with Crippen LogP contribution in [0.2, 0.25) is 18.1 Å². The summed E-state index contributed by atoms with van der Waals surface area (Å²) in [6.07, 6.45) is 9.71. The van der Waals surface area contributed by atoms with E-state index in [-0.39, 0.29) is 34.9 Å². The van der Waals surface area contributed by atoms with Gasteiger partial charge in [-0.05, 0) is 31.0 Å². The van der Waals surface area contributed by atoms with Gasteiger partial charge >= 0.3 is 0 Å². The molecule has 148 valence electrons. The first-order chi connectivity index (χ1) is 12.4. The van der Waals surface area contributed by atoms with Gasteiger partial charge in [0.05, 0.1) is 23.6 Å². The lowest BCUT2D eigenvalue weighted by atomic mass is 9.61. The van der Waals surface area contributed by atoms with Crippen LogP contribution in [0.25, 0.3) is 0 Å². The van der Waals surface area contributed by atoms with E-state index in [0.717, 1.165) is 12.8 Å². The van der Waals surface area contributed by atoms with Crippen LogP contribution in [-0.4, -0.2) is 61.7 Å². The Labute approximate surface area is 163 Å². The van der Waals surface area contributed by atoms with E-state index in [2.05, 4.69) is 52.1 Å². The molecule has 5 heterocycles. The monoisotopic (exact) mass is 388 g/mol. The number of nitrogens with zero attached hydrogens (tertiary/aromatic N) is 2. The number of likely N-dealkylation sites (N-methyl/N-ethyl adjacent to an activating group) is 2. The molecule has 2 fully saturated rings. The zero-order chi connectivity index (χ0) is 20.0. The molecule has 27 heavy (non-hydrogen) atoms. The first kappa shape index (κ1) is 18.9. The van der Waals surface area contributed by atoms with Crippen molar-refractivity contribution < 1.29 is 14.0 Å². The molecule has 7 aliphatic rings. The molecule has 0 radical (unpaired) electrons. The quantitative estimate of drug-likeness (QED) is 0.540. The Morgan fingerprint density at radius 3 is 2.44 bits per heavy atom. The smallest absolute Gasteiger partial charge is 0.238 e. The Bertz CT molecular complexity index is 768. The molecule has 7 rings (SSSR count). The van der Waals surface area contributed by atoms with Gasteiger partial charge in [-0.25, -0.2) is 0 Å². The lowest BCUT2D eigenvalue weighted by Crippen LogP contribution is -2.73. The zero-order valence-corrected chi connectivity index (χ0v) is 18.6. The molecule has 1 saturated heterocycles. The lowest BCUT2D eigenvalue weighted by Gasteiger charge is -2.59. The Morgan fingerprint density at radius 1 is 1.15 bits per heavy atom. The molecule has 0 unspecified atom stereocenters. The predicted molar refractivity (Wildman–Crippen MR) is 108 cm³/mol. The molecule has 6 heteroatoms. The highest BCUT2D eigenvalue weighted by Crippen LogP contribution is 2.60. The maximum atomic E-state index is 13.8. The molecule has 5 atom stereocenters. The zero-order valence-electron chi connectivity index (χ0n) is 17.6. The van der Waals surface area contributed by atoms with Crippen LogP contribution in [0.1, 0.15) is 33.6 Å². The van der Waals surface area contributed by atoms with Crippen molar-refractivity contribution in [2.45, 2.75) is 69.4 Å². The van der Waals surface area contributed by atoms with E-state index in [9.17, 15) is 9.59 Å². The minimum absolute atomic E-state index is 0.0616. The van der Waals surface area contributed by atoms with Crippen LogP contribution in [0.15, 0.2) is 24.3 Å². The van der Waals surface area contributed by atoms with Crippen LogP contribution >= 0.6 is 0 Å². The molecule has 0 aromatic carbocycles. The van der Waals surface area contributed by atoms with Crippen molar-refractivity contribution in [3.63, 3.8) is 0 Å². The number of amides is 2. The molecule has 2 amide bonds. The largest absolute Gasteiger partial charge is 0.412 e. The molecular weight excluding hydrogens is 356 g/mol. The summed E-state index contributed by atoms with van der Waals surface area (Å²) in [6, 6.07) is -0.207. The molecular formula is C21H32N2O3Si. The number of hydrogen-bond acceptors (Lipinski definition) is 3. The Hall–Kier alpha value is -1.40. The Kier molecular flexibility index (Phi) is 3.75. The molecule has 2 spiro atoms. The average molecular weight is 389 g/mol. The Morgan fingerprint density at radius 2 is 1.81 bits per heavy atom. The fourth-order valence-electron chi connectivity index (χ4n) is 5.37. The molecule has 5 nitrogen and oxygen atoms in total. The first-order valence-corrected chi connectivity index (χ1v) is 12.9. The van der Waals surface area contributed by atoms with E-state index in [0.29, 0.717) is 0 Å². The van der Waals surface area contributed by atoms with Gasteiger partial charge in [0, 0.05) is 14.1 Å². The number of hydrogen-bond donors (Lipinski definition) is 0. The van der Waals surface area contributed by atoms with Gasteiger partial charge < -0.3 is 14.2 Å². The van der Waals surface area contributed by atoms with Gasteiger partial charge in [0.2, 0.25) is 11.8 Å². The van der Waals surface area contributed by atoms with Crippen molar-refractivity contribution in [2.75, 3.05) is 14.1 Å². The summed E-state index contributed by atoms with van der Waals surface area (Å²) in [6.45, 7) is 11.1. The second-order valence-electron chi connectivity index (χ2n) is 10.2. The average Bonchev–Trinajstić information content (AvgIpc) is 2.82. The van der Waals surface area contributed by atoms with E-state index in [4.69, 9.17) is 4.43 Å². The summed E-state index contributed by atoms with van der Waals surface area (Å²) in [5, 5.41) is 0.0616. The van der Waals surface area contributed by atoms with Crippen LogP contribution in [0, 0.1) is 11.3 Å². The van der Waals surface area contributed by atoms with Crippen molar-refractivity contribution in [3.8, 4) is 0 Å². The molecule has 0 N–H and O–H groups in total. The molecule has 5 aliphatic heterocycles. The van der Waals surface area contributed by atoms with E-state index >= 15 is 0 Å². The minimum atomic E-state index is -2.08. The number of carbonyl (C=O) groups excluding carboxylic acids is 2. The molecule has 4 bridgehead atoms. The SMILES string of the molecule is CN1C(=O)[C@@]23C=C[C@@H]1[C@H]1C=C[C@]2(CC[C@@H]3O[Si](C)(C)C(C)(C)C)N(C)C1=O. The van der Waals surface area contributed by atoms with Crippen molar-refractivity contribution in [1.82, 2.24) is 9.80 Å². The third kappa shape index (κ3) is 2.09. The molecule has 1 saturated carbocycles. The van der Waals surface area contributed by atoms with E-state index in [1.54, 1.807) is 4.90 Å². The van der Waals surface area contributed by atoms with Gasteiger partial charge in [0.25, 0.3) is 0 Å². The van der Waals surface area contributed by atoms with Gasteiger partial charge in [0.1, 0.15) is 5.41 Å². The van der Waals surface area contributed by atoms with Gasteiger partial charge in [-0.3, -0.25) is 9.59 Å². The maximum Gasteiger partial charge on any atom is 0.238 e. The summed E-state index contributed by atoms with van der Waals surface area (Å²) in [5.74, 6) is -0.0713. The standard InChI is InChI=1S/C21H32N2O3Si/c1-19(2,3)27(6,7)26-16-10-12-20-11-8-14(17(24)23(20)5)15-9-13-21(16,20)18(25)22(15)4/h8-9,11,13-16H,10,12H2,1-7H3/t14-,15-,16+,20-,21+/m1/s1. The normalized spacial score (nSPS) is 40.6. The minimum Gasteiger partial charge on any atom is -0.412 e. The third-order valence-electron chi connectivity index (χ3n) is 8.09. The topological polar surface area (TPSA) is 49.9 Å². The van der Waals surface area contributed by atoms with Crippen molar-refractivity contribution in [3.05, 3.63) is 24.3 Å². The third-order valence-corrected chi connectivity index (χ3v) is 12.6. The summed E-state index contributed by atoms with van der Waals surface area (Å²) in [5.41, 5.74) is -1.46. The summed E-state index contributed by atoms with van der Waals surface area (Å²) >= 11 is 0. The van der Waals surface area contributed by atoms with Crippen LogP contribution in [0.4, 0.5) is 0 Å². The fraction of sp³-hybridized carbons (Fsp3) is 0.714. The van der Waals surface area contributed by atoms with Gasteiger partial charge in [0.15, 0.2) is 8.32 Å². The summed E-state index contributed by atoms with van der Waals surface area (Å²) in [7, 11) is 1.64. The first-order valence-electron chi connectivity index (χ1n) is 10.0.